The third kappa shape index (κ3) is 4.08. The number of fused-ring (bicyclic) bond motifs is 2. The molecule has 0 radical (unpaired) electrons. The fourth-order valence-electron chi connectivity index (χ4n) is 6.79. The van der Waals surface area contributed by atoms with Crippen molar-refractivity contribution < 1.29 is 29.0 Å². The first-order chi connectivity index (χ1) is 17.6. The zero-order valence-corrected chi connectivity index (χ0v) is 22.9. The molecule has 3 aliphatic heterocycles. The van der Waals surface area contributed by atoms with Gasteiger partial charge >= 0.3 is 0 Å². The van der Waals surface area contributed by atoms with Crippen molar-refractivity contribution in [1.82, 2.24) is 4.90 Å². The lowest BCUT2D eigenvalue weighted by Crippen LogP contribution is -2.45. The maximum Gasteiger partial charge on any atom is 0.268 e. The number of methoxy groups -OCH3 is 1. The smallest absolute Gasteiger partial charge is 0.268 e. The molecule has 198 valence electrons. The van der Waals surface area contributed by atoms with Crippen LogP contribution in [0, 0.1) is 5.92 Å². The first kappa shape index (κ1) is 25.9. The lowest BCUT2D eigenvalue weighted by molar-refractivity contribution is -0.149. The molecule has 2 aromatic rings. The fourth-order valence-corrected chi connectivity index (χ4v) is 9.34. The van der Waals surface area contributed by atoms with Gasteiger partial charge in [-0.25, -0.2) is 0 Å². The summed E-state index contributed by atoms with van der Waals surface area (Å²) in [5, 5.41) is 9.75. The summed E-state index contributed by atoms with van der Waals surface area (Å²) in [6, 6.07) is 14.8. The average molecular weight is 525 g/mol. The van der Waals surface area contributed by atoms with Crippen LogP contribution >= 0.6 is 0 Å². The van der Waals surface area contributed by atoms with E-state index in [4.69, 9.17) is 9.47 Å². The number of likely N-dealkylation sites (tertiary alicyclic amines) is 1. The van der Waals surface area contributed by atoms with E-state index >= 15 is 0 Å². The van der Waals surface area contributed by atoms with Gasteiger partial charge in [0.05, 0.1) is 38.0 Å². The van der Waals surface area contributed by atoms with Crippen molar-refractivity contribution >= 4 is 31.5 Å². The van der Waals surface area contributed by atoms with Crippen LogP contribution in [0.1, 0.15) is 31.7 Å². The molecule has 3 aliphatic rings. The van der Waals surface area contributed by atoms with E-state index in [1.807, 2.05) is 68.5 Å². The van der Waals surface area contributed by atoms with E-state index in [0.717, 1.165) is 18.5 Å². The Morgan fingerprint density at radius 3 is 2.59 bits per heavy atom. The molecule has 37 heavy (non-hydrogen) atoms. The predicted molar refractivity (Wildman–Crippen MR) is 142 cm³/mol. The molecular weight excluding hydrogens is 488 g/mol. The van der Waals surface area contributed by atoms with E-state index in [0.29, 0.717) is 23.5 Å². The number of carbonyl (C=O) groups excluding carboxylic acids is 2. The first-order valence-corrected chi connectivity index (χ1v) is 16.0. The Morgan fingerprint density at radius 1 is 1.22 bits per heavy atom. The van der Waals surface area contributed by atoms with Gasteiger partial charge in [-0.2, -0.15) is 0 Å². The Morgan fingerprint density at radius 2 is 1.95 bits per heavy atom. The second-order valence-electron chi connectivity index (χ2n) is 11.0. The molecule has 3 heterocycles. The Bertz CT molecular complexity index is 1180. The standard InChI is InChI=1S/C28H36N2O6Si/c1-18-26(37(3,4)34)24(16-25(32)29-14-8-11-20(29)17-31)36-28(18)22-15-21(35-2)12-13-23(22)30(27(28)33)19-9-6-5-7-10-19/h5-7,9-10,12-13,15,18,20,24,26,31,34H,8,11,14,16-17H2,1-4H3/t18-,20-,24+,26-,28+/m0/s1. The molecule has 2 saturated heterocycles. The minimum atomic E-state index is -2.90. The number of benzene rings is 2. The third-order valence-corrected chi connectivity index (χ3v) is 10.9. The molecule has 5 atom stereocenters. The van der Waals surface area contributed by atoms with Gasteiger partial charge in [0.1, 0.15) is 5.75 Å². The highest BCUT2D eigenvalue weighted by Crippen LogP contribution is 2.61. The van der Waals surface area contributed by atoms with Crippen molar-refractivity contribution in [2.24, 2.45) is 5.92 Å². The van der Waals surface area contributed by atoms with Crippen LogP contribution in [0.4, 0.5) is 11.4 Å². The molecule has 0 aliphatic carbocycles. The van der Waals surface area contributed by atoms with Crippen LogP contribution in [0.25, 0.3) is 0 Å². The SMILES string of the molecule is COc1ccc2c(c1)[C@@]1(O[C@H](CC(=O)N3CCC[C@H]3CO)[C@@H]([Si](C)(C)O)[C@@H]1C)C(=O)N2c1ccccc1. The number of aliphatic hydroxyl groups excluding tert-OH is 1. The fraction of sp³-hybridized carbons (Fsp3) is 0.500. The maximum absolute atomic E-state index is 14.4. The minimum absolute atomic E-state index is 0.0577. The quantitative estimate of drug-likeness (QED) is 0.561. The van der Waals surface area contributed by atoms with Gasteiger partial charge < -0.3 is 24.3 Å². The highest BCUT2D eigenvalue weighted by atomic mass is 28.4. The normalized spacial score (nSPS) is 29.3. The number of amides is 2. The molecule has 5 rings (SSSR count). The van der Waals surface area contributed by atoms with Crippen LogP contribution in [0.2, 0.25) is 18.6 Å². The summed E-state index contributed by atoms with van der Waals surface area (Å²) < 4.78 is 12.3. The number of para-hydroxylation sites is 1. The molecule has 1 spiro atoms. The summed E-state index contributed by atoms with van der Waals surface area (Å²) in [4.78, 5) is 42.7. The lowest BCUT2D eigenvalue weighted by atomic mass is 9.82. The molecule has 0 unspecified atom stereocenters. The number of hydrogen-bond donors (Lipinski definition) is 2. The monoisotopic (exact) mass is 524 g/mol. The molecular formula is C28H36N2O6Si. The largest absolute Gasteiger partial charge is 0.497 e. The molecule has 0 aromatic heterocycles. The van der Waals surface area contributed by atoms with Crippen LogP contribution < -0.4 is 9.64 Å². The molecule has 0 bridgehead atoms. The van der Waals surface area contributed by atoms with Crippen LogP contribution in [0.15, 0.2) is 48.5 Å². The van der Waals surface area contributed by atoms with Crippen molar-refractivity contribution in [3.05, 3.63) is 54.1 Å². The summed E-state index contributed by atoms with van der Waals surface area (Å²) in [5.74, 6) is -0.0975. The number of anilines is 2. The summed E-state index contributed by atoms with van der Waals surface area (Å²) >= 11 is 0. The summed E-state index contributed by atoms with van der Waals surface area (Å²) in [7, 11) is -1.31. The van der Waals surface area contributed by atoms with Gasteiger partial charge in [-0.1, -0.05) is 25.1 Å². The zero-order valence-electron chi connectivity index (χ0n) is 21.9. The number of aliphatic hydroxyl groups is 1. The molecule has 0 saturated carbocycles. The first-order valence-electron chi connectivity index (χ1n) is 13.0. The van der Waals surface area contributed by atoms with Crippen LogP contribution in [0.5, 0.6) is 5.75 Å². The van der Waals surface area contributed by atoms with E-state index in [1.165, 1.54) is 0 Å². The highest BCUT2D eigenvalue weighted by molar-refractivity contribution is 6.71. The van der Waals surface area contributed by atoms with Crippen LogP contribution in [-0.4, -0.2) is 67.3 Å². The summed E-state index contributed by atoms with van der Waals surface area (Å²) in [6.07, 6.45) is 1.05. The van der Waals surface area contributed by atoms with Crippen molar-refractivity contribution in [1.29, 1.82) is 0 Å². The van der Waals surface area contributed by atoms with Crippen molar-refractivity contribution in [2.45, 2.75) is 62.6 Å². The van der Waals surface area contributed by atoms with Gasteiger partial charge in [-0.3, -0.25) is 14.5 Å². The van der Waals surface area contributed by atoms with Gasteiger partial charge in [0.25, 0.3) is 5.91 Å². The second kappa shape index (κ2) is 9.54. The van der Waals surface area contributed by atoms with Crippen molar-refractivity contribution in [2.75, 3.05) is 25.2 Å². The van der Waals surface area contributed by atoms with E-state index in [2.05, 4.69) is 0 Å². The molecule has 9 heteroatoms. The Hall–Kier alpha value is -2.72. The van der Waals surface area contributed by atoms with Crippen LogP contribution in [0.3, 0.4) is 0 Å². The molecule has 2 aromatic carbocycles. The van der Waals surface area contributed by atoms with Crippen LogP contribution in [-0.2, 0) is 19.9 Å². The Kier molecular flexibility index (Phi) is 6.68. The molecule has 2 fully saturated rings. The minimum Gasteiger partial charge on any atom is -0.497 e. The lowest BCUT2D eigenvalue weighted by Gasteiger charge is -2.32. The van der Waals surface area contributed by atoms with Crippen molar-refractivity contribution in [3.63, 3.8) is 0 Å². The van der Waals surface area contributed by atoms with Gasteiger partial charge in [0, 0.05) is 29.3 Å². The zero-order chi connectivity index (χ0) is 26.5. The van der Waals surface area contributed by atoms with Gasteiger partial charge in [-0.05, 0) is 56.3 Å². The topological polar surface area (TPSA) is 99.5 Å². The molecule has 2 N–H and O–H groups in total. The average Bonchev–Trinajstić information content (AvgIpc) is 3.53. The predicted octanol–water partition coefficient (Wildman–Crippen LogP) is 3.54. The number of ether oxygens (including phenoxy) is 2. The van der Waals surface area contributed by atoms with E-state index in [9.17, 15) is 19.5 Å². The van der Waals surface area contributed by atoms with Gasteiger partial charge in [-0.15, -0.1) is 0 Å². The highest BCUT2D eigenvalue weighted by Gasteiger charge is 2.66. The van der Waals surface area contributed by atoms with Crippen molar-refractivity contribution in [3.8, 4) is 5.75 Å². The maximum atomic E-state index is 14.4. The Balaban J connectivity index is 1.59. The van der Waals surface area contributed by atoms with E-state index in [-0.39, 0.29) is 42.3 Å². The van der Waals surface area contributed by atoms with Gasteiger partial charge in [0.15, 0.2) is 13.9 Å². The third-order valence-electron chi connectivity index (χ3n) is 8.40. The summed E-state index contributed by atoms with van der Waals surface area (Å²) in [6.45, 7) is 6.19. The molecule has 2 amide bonds. The number of nitrogens with zero attached hydrogens (tertiary/aromatic N) is 2. The van der Waals surface area contributed by atoms with E-state index in [1.54, 1.807) is 16.9 Å². The van der Waals surface area contributed by atoms with Gasteiger partial charge in [0.2, 0.25) is 5.91 Å². The second-order valence-corrected chi connectivity index (χ2v) is 15.0. The molecule has 8 nitrogen and oxygen atoms in total. The number of hydrogen-bond acceptors (Lipinski definition) is 6. The number of carbonyl (C=O) groups is 2. The number of rotatable bonds is 6. The Labute approximate surface area is 218 Å². The van der Waals surface area contributed by atoms with E-state index < -0.39 is 20.0 Å². The summed E-state index contributed by atoms with van der Waals surface area (Å²) in [5.41, 5.74) is 0.424.